The van der Waals surface area contributed by atoms with E-state index in [-0.39, 0.29) is 10.6 Å². The van der Waals surface area contributed by atoms with E-state index in [2.05, 4.69) is 31.9 Å². The van der Waals surface area contributed by atoms with Gasteiger partial charge in [0, 0.05) is 19.9 Å². The molecule has 0 saturated heterocycles. The molecule has 2 aromatic carbocycles. The Hall–Kier alpha value is -1.00. The fraction of sp³-hybridized carbons (Fsp3) is 0.125. The molecule has 0 aromatic heterocycles. The summed E-state index contributed by atoms with van der Waals surface area (Å²) in [7, 11) is -6.37. The third kappa shape index (κ3) is 3.75. The third-order valence-electron chi connectivity index (χ3n) is 3.75. The summed E-state index contributed by atoms with van der Waals surface area (Å²) in [6.45, 7) is 0. The van der Waals surface area contributed by atoms with Crippen LogP contribution in [0.5, 0.6) is 0 Å². The zero-order chi connectivity index (χ0) is 18.4. The first-order valence-corrected chi connectivity index (χ1v) is 11.8. The molecule has 0 saturated carbocycles. The van der Waals surface area contributed by atoms with Crippen LogP contribution in [0.15, 0.2) is 60.5 Å². The van der Waals surface area contributed by atoms with Gasteiger partial charge in [-0.15, -0.1) is 0 Å². The average molecular weight is 508 g/mol. The summed E-state index contributed by atoms with van der Waals surface area (Å²) in [5.74, 6) is -0.196. The van der Waals surface area contributed by atoms with E-state index >= 15 is 0 Å². The van der Waals surface area contributed by atoms with Crippen molar-refractivity contribution in [3.63, 3.8) is 0 Å². The minimum Gasteiger partial charge on any atom is -0.387 e. The van der Waals surface area contributed by atoms with Gasteiger partial charge in [0.1, 0.15) is 0 Å². The number of halogens is 2. The number of hydrogen-bond donors (Lipinski definition) is 1. The molecule has 9 heteroatoms. The van der Waals surface area contributed by atoms with Gasteiger partial charge in [0.2, 0.25) is 0 Å². The predicted molar refractivity (Wildman–Crippen MR) is 102 cm³/mol. The smallest absolute Gasteiger partial charge is 0.200 e. The second-order valence-electron chi connectivity index (χ2n) is 5.51. The number of hydrogen-bond acceptors (Lipinski definition) is 5. The first-order chi connectivity index (χ1) is 11.6. The molecule has 5 nitrogen and oxygen atoms in total. The van der Waals surface area contributed by atoms with Crippen molar-refractivity contribution in [1.82, 2.24) is 0 Å². The maximum atomic E-state index is 11.4. The fourth-order valence-electron chi connectivity index (χ4n) is 2.60. The van der Waals surface area contributed by atoms with E-state index < -0.39 is 25.8 Å². The second kappa shape index (κ2) is 6.62. The van der Waals surface area contributed by atoms with Crippen LogP contribution in [0.2, 0.25) is 0 Å². The molecule has 0 fully saturated rings. The Balaban J connectivity index is 0.000000146. The van der Waals surface area contributed by atoms with Gasteiger partial charge in [0.05, 0.1) is 21.6 Å². The van der Waals surface area contributed by atoms with Crippen molar-refractivity contribution in [2.24, 2.45) is 0 Å². The zero-order valence-corrected chi connectivity index (χ0v) is 17.4. The molecule has 2 heterocycles. The second-order valence-corrected chi connectivity index (χ2v) is 11.1. The summed E-state index contributed by atoms with van der Waals surface area (Å²) < 4.78 is 47.0. The van der Waals surface area contributed by atoms with E-state index in [1.54, 1.807) is 36.4 Å². The van der Waals surface area contributed by atoms with Crippen molar-refractivity contribution < 1.29 is 21.9 Å². The number of benzene rings is 2. The number of sulfone groups is 2. The minimum absolute atomic E-state index is 0.196. The summed E-state index contributed by atoms with van der Waals surface area (Å²) in [5, 5.41) is 10.7. The molecule has 0 bridgehead atoms. The highest BCUT2D eigenvalue weighted by atomic mass is 79.9. The van der Waals surface area contributed by atoms with E-state index in [0.717, 1.165) is 14.5 Å². The van der Waals surface area contributed by atoms with E-state index in [0.29, 0.717) is 10.5 Å². The molecule has 0 aliphatic carbocycles. The van der Waals surface area contributed by atoms with Crippen LogP contribution in [0.25, 0.3) is 6.08 Å². The van der Waals surface area contributed by atoms with Crippen LogP contribution in [-0.2, 0) is 19.7 Å². The van der Waals surface area contributed by atoms with Crippen LogP contribution in [0.3, 0.4) is 0 Å². The Morgan fingerprint density at radius 1 is 0.920 bits per heavy atom. The monoisotopic (exact) mass is 506 g/mol. The molecule has 0 spiro atoms. The summed E-state index contributed by atoms with van der Waals surface area (Å²) in [6.07, 6.45) is 0.729. The molecule has 4 rings (SSSR count). The lowest BCUT2D eigenvalue weighted by molar-refractivity contribution is 0.204. The Bertz CT molecular complexity index is 1090. The van der Waals surface area contributed by atoms with Gasteiger partial charge in [-0.25, -0.2) is 16.8 Å². The lowest BCUT2D eigenvalue weighted by atomic mass is 10.1. The Labute approximate surface area is 162 Å². The molecule has 0 amide bonds. The largest absolute Gasteiger partial charge is 0.387 e. The Morgan fingerprint density at radius 2 is 1.52 bits per heavy atom. The molecule has 1 N–H and O–H groups in total. The van der Waals surface area contributed by atoms with Crippen LogP contribution >= 0.6 is 31.9 Å². The van der Waals surface area contributed by atoms with Crippen molar-refractivity contribution in [3.05, 3.63) is 61.9 Å². The number of aliphatic hydroxyl groups excluding tert-OH is 1. The van der Waals surface area contributed by atoms with Gasteiger partial charge in [-0.3, -0.25) is 0 Å². The lowest BCUT2D eigenvalue weighted by Gasteiger charge is -2.00. The first-order valence-electron chi connectivity index (χ1n) is 7.03. The van der Waals surface area contributed by atoms with Crippen molar-refractivity contribution in [2.45, 2.75) is 15.9 Å². The number of rotatable bonds is 0. The Morgan fingerprint density at radius 3 is 2.20 bits per heavy atom. The standard InChI is InChI=1S/C8H7BrO3S.C8H5BrO2S/c9-5-1-2-8-6(3-5)7(10)4-13(8,11)12;9-7-1-2-8-6(5-7)3-4-12(8,10)11/h1-3,7,10H,4H2;1-5H. The molecular weight excluding hydrogens is 496 g/mol. The zero-order valence-electron chi connectivity index (χ0n) is 12.6. The number of fused-ring (bicyclic) bond motifs is 2. The maximum Gasteiger partial charge on any atom is 0.200 e. The molecule has 2 aliphatic rings. The molecule has 1 atom stereocenters. The van der Waals surface area contributed by atoms with Crippen LogP contribution in [0, 0.1) is 0 Å². The molecule has 25 heavy (non-hydrogen) atoms. The molecule has 1 unspecified atom stereocenters. The van der Waals surface area contributed by atoms with Crippen molar-refractivity contribution in [3.8, 4) is 0 Å². The highest BCUT2D eigenvalue weighted by Crippen LogP contribution is 2.34. The normalized spacial score (nSPS) is 21.2. The predicted octanol–water partition coefficient (Wildman–Crippen LogP) is 3.48. The Kier molecular flexibility index (Phi) is 4.97. The minimum atomic E-state index is -3.24. The van der Waals surface area contributed by atoms with Crippen molar-refractivity contribution in [2.75, 3.05) is 5.75 Å². The summed E-state index contributed by atoms with van der Waals surface area (Å²) in [4.78, 5) is 0.647. The van der Waals surface area contributed by atoms with Gasteiger partial charge >= 0.3 is 0 Å². The first kappa shape index (κ1) is 18.8. The van der Waals surface area contributed by atoms with Crippen LogP contribution < -0.4 is 0 Å². The highest BCUT2D eigenvalue weighted by molar-refractivity contribution is 9.10. The van der Waals surface area contributed by atoms with Gasteiger partial charge < -0.3 is 5.11 Å². The van der Waals surface area contributed by atoms with E-state index in [9.17, 15) is 21.9 Å². The average Bonchev–Trinajstić information content (AvgIpc) is 2.93. The van der Waals surface area contributed by atoms with E-state index in [1.165, 1.54) is 11.5 Å². The maximum absolute atomic E-state index is 11.4. The van der Waals surface area contributed by atoms with Gasteiger partial charge in [0.25, 0.3) is 0 Å². The molecular formula is C16H12Br2O5S2. The highest BCUT2D eigenvalue weighted by Gasteiger charge is 2.33. The number of aliphatic hydroxyl groups is 1. The molecule has 132 valence electrons. The molecule has 2 aromatic rings. The molecule has 0 radical (unpaired) electrons. The third-order valence-corrected chi connectivity index (χ3v) is 8.01. The quantitative estimate of drug-likeness (QED) is 0.589. The van der Waals surface area contributed by atoms with Gasteiger partial charge in [0.15, 0.2) is 19.7 Å². The SMILES string of the molecule is O=S1(=O)C=Cc2cc(Br)ccc21.O=S1(=O)CC(O)c2cc(Br)ccc21. The fourth-order valence-corrected chi connectivity index (χ4v) is 6.14. The summed E-state index contributed by atoms with van der Waals surface area (Å²) in [6, 6.07) is 9.94. The van der Waals surface area contributed by atoms with Crippen LogP contribution in [0.4, 0.5) is 0 Å². The van der Waals surface area contributed by atoms with Crippen LogP contribution in [0.1, 0.15) is 17.2 Å². The van der Waals surface area contributed by atoms with Crippen LogP contribution in [-0.4, -0.2) is 27.7 Å². The van der Waals surface area contributed by atoms with Crippen molar-refractivity contribution >= 4 is 57.6 Å². The van der Waals surface area contributed by atoms with Gasteiger partial charge in [-0.05, 0) is 48.0 Å². The molecule has 2 aliphatic heterocycles. The van der Waals surface area contributed by atoms with Crippen molar-refractivity contribution in [1.29, 1.82) is 0 Å². The summed E-state index contributed by atoms with van der Waals surface area (Å²) in [5.41, 5.74) is 1.25. The van der Waals surface area contributed by atoms with E-state index in [4.69, 9.17) is 0 Å². The topological polar surface area (TPSA) is 88.5 Å². The van der Waals surface area contributed by atoms with E-state index in [1.807, 2.05) is 0 Å². The lowest BCUT2D eigenvalue weighted by Crippen LogP contribution is -2.01. The summed E-state index contributed by atoms with van der Waals surface area (Å²) >= 11 is 6.50. The van der Waals surface area contributed by atoms with Gasteiger partial charge in [-0.2, -0.15) is 0 Å². The van der Waals surface area contributed by atoms with Gasteiger partial charge in [-0.1, -0.05) is 31.9 Å².